The van der Waals surface area contributed by atoms with Gasteiger partial charge in [-0.1, -0.05) is 18.2 Å². The van der Waals surface area contributed by atoms with Gasteiger partial charge in [-0.2, -0.15) is 0 Å². The molecule has 4 atom stereocenters. The van der Waals surface area contributed by atoms with E-state index >= 15 is 0 Å². The zero-order valence-electron chi connectivity index (χ0n) is 11.7. The average Bonchev–Trinajstić information content (AvgIpc) is 3.07. The monoisotopic (exact) mass is 287 g/mol. The van der Waals surface area contributed by atoms with Gasteiger partial charge in [0.2, 0.25) is 0 Å². The van der Waals surface area contributed by atoms with Crippen molar-refractivity contribution in [3.63, 3.8) is 0 Å². The molecule has 2 aliphatic rings. The second-order valence-corrected chi connectivity index (χ2v) is 5.52. The van der Waals surface area contributed by atoms with E-state index in [0.717, 1.165) is 6.42 Å². The van der Waals surface area contributed by atoms with E-state index in [4.69, 9.17) is 15.2 Å². The highest BCUT2D eigenvalue weighted by molar-refractivity contribution is 5.85. The quantitative estimate of drug-likeness (QED) is 0.397. The van der Waals surface area contributed by atoms with Gasteiger partial charge in [0.1, 0.15) is 5.75 Å². The number of hydrogen-bond donors (Lipinski definition) is 1. The molecule has 0 heterocycles. The summed E-state index contributed by atoms with van der Waals surface area (Å²) >= 11 is 0. The average molecular weight is 287 g/mol. The maximum absolute atomic E-state index is 12.4. The van der Waals surface area contributed by atoms with Gasteiger partial charge >= 0.3 is 11.9 Å². The Balaban J connectivity index is 1.80. The Bertz CT molecular complexity index is 610. The maximum Gasteiger partial charge on any atom is 0.315 e. The van der Waals surface area contributed by atoms with Crippen LogP contribution in [-0.2, 0) is 14.3 Å². The van der Waals surface area contributed by atoms with Crippen LogP contribution in [0, 0.1) is 23.7 Å². The van der Waals surface area contributed by atoms with Gasteiger partial charge < -0.3 is 15.2 Å². The molecule has 0 aliphatic heterocycles. The summed E-state index contributed by atoms with van der Waals surface area (Å²) in [6.07, 6.45) is 4.79. The van der Waals surface area contributed by atoms with E-state index in [-0.39, 0.29) is 17.8 Å². The first-order valence-corrected chi connectivity index (χ1v) is 6.93. The predicted molar refractivity (Wildman–Crippen MR) is 76.2 cm³/mol. The van der Waals surface area contributed by atoms with Gasteiger partial charge in [0.05, 0.1) is 18.9 Å². The second kappa shape index (κ2) is 5.24. The molecule has 1 saturated carbocycles. The SMILES string of the molecule is COC(=O)C1C2C=CC(C2)C1C(=O)Oc1cccc(N)c1. The Hall–Kier alpha value is -2.30. The van der Waals surface area contributed by atoms with Gasteiger partial charge in [-0.15, -0.1) is 0 Å². The fourth-order valence-corrected chi connectivity index (χ4v) is 3.36. The van der Waals surface area contributed by atoms with Crippen LogP contribution in [0.3, 0.4) is 0 Å². The molecule has 21 heavy (non-hydrogen) atoms. The van der Waals surface area contributed by atoms with Crippen LogP contribution >= 0.6 is 0 Å². The zero-order valence-corrected chi connectivity index (χ0v) is 11.7. The predicted octanol–water partition coefficient (Wildman–Crippen LogP) is 1.79. The molecule has 110 valence electrons. The van der Waals surface area contributed by atoms with Crippen LogP contribution in [0.2, 0.25) is 0 Å². The lowest BCUT2D eigenvalue weighted by molar-refractivity contribution is -0.155. The van der Waals surface area contributed by atoms with Crippen molar-refractivity contribution in [2.45, 2.75) is 6.42 Å². The Labute approximate surface area is 122 Å². The maximum atomic E-state index is 12.4. The highest BCUT2D eigenvalue weighted by Crippen LogP contribution is 2.49. The van der Waals surface area contributed by atoms with Gasteiger partial charge in [-0.3, -0.25) is 9.59 Å². The first kappa shape index (κ1) is 13.7. The molecule has 2 aliphatic carbocycles. The van der Waals surface area contributed by atoms with Crippen molar-refractivity contribution in [2.75, 3.05) is 12.8 Å². The number of fused-ring (bicyclic) bond motifs is 2. The number of methoxy groups -OCH3 is 1. The number of nitrogens with two attached hydrogens (primary N) is 1. The summed E-state index contributed by atoms with van der Waals surface area (Å²) in [5.41, 5.74) is 6.19. The molecule has 0 saturated heterocycles. The number of allylic oxidation sites excluding steroid dienone is 2. The van der Waals surface area contributed by atoms with Crippen LogP contribution in [0.1, 0.15) is 6.42 Å². The van der Waals surface area contributed by atoms with E-state index in [9.17, 15) is 9.59 Å². The Morgan fingerprint density at radius 1 is 1.14 bits per heavy atom. The van der Waals surface area contributed by atoms with Crippen molar-refractivity contribution in [2.24, 2.45) is 23.7 Å². The molecule has 0 aromatic heterocycles. The minimum atomic E-state index is -0.478. The summed E-state index contributed by atoms with van der Waals surface area (Å²) in [6, 6.07) is 6.70. The van der Waals surface area contributed by atoms with E-state index in [1.807, 2.05) is 12.2 Å². The number of hydrogen-bond acceptors (Lipinski definition) is 5. The van der Waals surface area contributed by atoms with Crippen molar-refractivity contribution >= 4 is 17.6 Å². The number of nitrogen functional groups attached to an aromatic ring is 1. The fourth-order valence-electron chi connectivity index (χ4n) is 3.36. The number of carbonyl (C=O) groups is 2. The third-order valence-corrected chi connectivity index (χ3v) is 4.28. The van der Waals surface area contributed by atoms with E-state index < -0.39 is 17.8 Å². The second-order valence-electron chi connectivity index (χ2n) is 5.52. The summed E-state index contributed by atoms with van der Waals surface area (Å²) in [5, 5.41) is 0. The summed E-state index contributed by atoms with van der Waals surface area (Å²) in [6.45, 7) is 0. The van der Waals surface area contributed by atoms with E-state index in [2.05, 4.69) is 0 Å². The molecular formula is C16H17NO4. The molecule has 1 aromatic carbocycles. The van der Waals surface area contributed by atoms with Gasteiger partial charge in [0.25, 0.3) is 0 Å². The van der Waals surface area contributed by atoms with Gasteiger partial charge in [-0.25, -0.2) is 0 Å². The molecule has 0 amide bonds. The first-order valence-electron chi connectivity index (χ1n) is 6.93. The molecule has 5 heteroatoms. The lowest BCUT2D eigenvalue weighted by atomic mass is 9.83. The molecule has 0 spiro atoms. The summed E-state index contributed by atoms with van der Waals surface area (Å²) < 4.78 is 10.2. The molecule has 1 fully saturated rings. The fraction of sp³-hybridized carbons (Fsp3) is 0.375. The van der Waals surface area contributed by atoms with Crippen molar-refractivity contribution in [3.05, 3.63) is 36.4 Å². The van der Waals surface area contributed by atoms with Gasteiger partial charge in [-0.05, 0) is 30.4 Å². The summed E-state index contributed by atoms with van der Waals surface area (Å²) in [4.78, 5) is 24.4. The number of carbonyl (C=O) groups excluding carboxylic acids is 2. The van der Waals surface area contributed by atoms with Crippen molar-refractivity contribution in [1.29, 1.82) is 0 Å². The molecule has 4 unspecified atom stereocenters. The molecule has 2 N–H and O–H groups in total. The molecule has 1 aromatic rings. The third-order valence-electron chi connectivity index (χ3n) is 4.28. The number of benzene rings is 1. The topological polar surface area (TPSA) is 78.6 Å². The minimum absolute atomic E-state index is 0.0488. The van der Waals surface area contributed by atoms with Crippen LogP contribution in [-0.4, -0.2) is 19.0 Å². The minimum Gasteiger partial charge on any atom is -0.469 e. The van der Waals surface area contributed by atoms with Crippen molar-refractivity contribution in [3.8, 4) is 5.75 Å². The van der Waals surface area contributed by atoms with E-state index in [0.29, 0.717) is 11.4 Å². The number of ether oxygens (including phenoxy) is 2. The first-order chi connectivity index (χ1) is 10.1. The van der Waals surface area contributed by atoms with Gasteiger partial charge in [0, 0.05) is 11.8 Å². The number of esters is 2. The van der Waals surface area contributed by atoms with Crippen LogP contribution in [0.25, 0.3) is 0 Å². The van der Waals surface area contributed by atoms with Crippen LogP contribution in [0.5, 0.6) is 5.75 Å². The largest absolute Gasteiger partial charge is 0.469 e. The van der Waals surface area contributed by atoms with E-state index in [1.165, 1.54) is 7.11 Å². The van der Waals surface area contributed by atoms with Crippen LogP contribution < -0.4 is 10.5 Å². The highest BCUT2D eigenvalue weighted by Gasteiger charge is 2.53. The standard InChI is InChI=1S/C16H17NO4/c1-20-15(18)13-9-5-6-10(7-9)14(13)16(19)21-12-4-2-3-11(17)8-12/h2-6,8-10,13-14H,7,17H2,1H3. The van der Waals surface area contributed by atoms with Crippen molar-refractivity contribution in [1.82, 2.24) is 0 Å². The molecule has 5 nitrogen and oxygen atoms in total. The van der Waals surface area contributed by atoms with Crippen LogP contribution in [0.4, 0.5) is 5.69 Å². The molecule has 0 radical (unpaired) electrons. The lowest BCUT2D eigenvalue weighted by Crippen LogP contribution is -2.36. The lowest BCUT2D eigenvalue weighted by Gasteiger charge is -2.24. The normalized spacial score (nSPS) is 29.4. The highest BCUT2D eigenvalue weighted by atomic mass is 16.5. The smallest absolute Gasteiger partial charge is 0.315 e. The number of anilines is 1. The zero-order chi connectivity index (χ0) is 15.0. The molecule has 3 rings (SSSR count). The Morgan fingerprint density at radius 3 is 2.43 bits per heavy atom. The summed E-state index contributed by atoms with van der Waals surface area (Å²) in [7, 11) is 1.35. The third kappa shape index (κ3) is 2.39. The Kier molecular flexibility index (Phi) is 3.41. The van der Waals surface area contributed by atoms with Crippen LogP contribution in [0.15, 0.2) is 36.4 Å². The Morgan fingerprint density at radius 2 is 1.81 bits per heavy atom. The van der Waals surface area contributed by atoms with E-state index in [1.54, 1.807) is 24.3 Å². The van der Waals surface area contributed by atoms with Crippen molar-refractivity contribution < 1.29 is 19.1 Å². The molecular weight excluding hydrogens is 270 g/mol. The molecule has 2 bridgehead atoms. The summed E-state index contributed by atoms with van der Waals surface area (Å²) in [5.74, 6) is -1.15. The van der Waals surface area contributed by atoms with Gasteiger partial charge in [0.15, 0.2) is 0 Å². The number of rotatable bonds is 3.